The molecule has 0 unspecified atom stereocenters. The van der Waals surface area contributed by atoms with Gasteiger partial charge in [0.2, 0.25) is 0 Å². The molecule has 0 aliphatic heterocycles. The van der Waals surface area contributed by atoms with Gasteiger partial charge in [0.1, 0.15) is 24.2 Å². The van der Waals surface area contributed by atoms with Crippen molar-refractivity contribution in [1.29, 1.82) is 5.26 Å². The maximum Gasteiger partial charge on any atom is 0.144 e. The van der Waals surface area contributed by atoms with Gasteiger partial charge in [-0.2, -0.15) is 5.26 Å². The van der Waals surface area contributed by atoms with Crippen molar-refractivity contribution in [1.82, 2.24) is 4.98 Å². The van der Waals surface area contributed by atoms with Crippen LogP contribution in [-0.4, -0.2) is 4.98 Å². The van der Waals surface area contributed by atoms with Gasteiger partial charge < -0.3 is 4.74 Å². The number of nitrogens with zero attached hydrogens (tertiary/aromatic N) is 2. The quantitative estimate of drug-likeness (QED) is 0.703. The van der Waals surface area contributed by atoms with Crippen LogP contribution in [0, 0.1) is 24.1 Å². The lowest BCUT2D eigenvalue weighted by atomic mass is 10.1. The highest BCUT2D eigenvalue weighted by Crippen LogP contribution is 2.20. The molecule has 0 radical (unpaired) electrons. The van der Waals surface area contributed by atoms with Crippen molar-refractivity contribution in [2.45, 2.75) is 13.5 Å². The Morgan fingerprint density at radius 1 is 1.08 bits per heavy atom. The summed E-state index contributed by atoms with van der Waals surface area (Å²) in [5.74, 6) is -0.174. The summed E-state index contributed by atoms with van der Waals surface area (Å²) in [4.78, 5) is 4.40. The molecule has 24 heavy (non-hydrogen) atoms. The van der Waals surface area contributed by atoms with Crippen LogP contribution in [0.1, 0.15) is 16.7 Å². The molecule has 3 aromatic rings. The first kappa shape index (κ1) is 15.7. The summed E-state index contributed by atoms with van der Waals surface area (Å²) >= 11 is 0. The van der Waals surface area contributed by atoms with Crippen LogP contribution in [0.15, 0.2) is 60.8 Å². The van der Waals surface area contributed by atoms with E-state index in [1.807, 2.05) is 49.5 Å². The fraction of sp³-hybridized carbons (Fsp3) is 0.100. The SMILES string of the molecule is Cc1ccc(-c2ccc(COc3ccc(C#N)c(F)c3)cc2)nc1. The van der Waals surface area contributed by atoms with E-state index in [0.717, 1.165) is 22.4 Å². The van der Waals surface area contributed by atoms with E-state index >= 15 is 0 Å². The molecule has 0 saturated carbocycles. The monoisotopic (exact) mass is 318 g/mol. The van der Waals surface area contributed by atoms with Crippen molar-refractivity contribution in [2.75, 3.05) is 0 Å². The third kappa shape index (κ3) is 3.58. The Labute approximate surface area is 140 Å². The third-order valence-corrected chi connectivity index (χ3v) is 3.63. The molecule has 2 aromatic carbocycles. The van der Waals surface area contributed by atoms with Crippen LogP contribution in [0.25, 0.3) is 11.3 Å². The number of aryl methyl sites for hydroxylation is 1. The van der Waals surface area contributed by atoms with Crippen molar-refractivity contribution in [3.05, 3.63) is 83.3 Å². The lowest BCUT2D eigenvalue weighted by Crippen LogP contribution is -1.96. The number of rotatable bonds is 4. The van der Waals surface area contributed by atoms with Gasteiger partial charge in [-0.05, 0) is 36.2 Å². The van der Waals surface area contributed by atoms with Gasteiger partial charge in [0.05, 0.1) is 11.3 Å². The van der Waals surface area contributed by atoms with E-state index < -0.39 is 5.82 Å². The molecule has 0 fully saturated rings. The predicted molar refractivity (Wildman–Crippen MR) is 89.9 cm³/mol. The topological polar surface area (TPSA) is 45.9 Å². The molecule has 1 heterocycles. The molecule has 0 aliphatic carbocycles. The molecule has 3 nitrogen and oxygen atoms in total. The van der Waals surface area contributed by atoms with Crippen molar-refractivity contribution in [2.24, 2.45) is 0 Å². The number of benzene rings is 2. The molecule has 0 spiro atoms. The summed E-state index contributed by atoms with van der Waals surface area (Å²) in [6, 6.07) is 17.9. The Morgan fingerprint density at radius 2 is 1.88 bits per heavy atom. The summed E-state index contributed by atoms with van der Waals surface area (Å²) < 4.78 is 19.1. The number of ether oxygens (including phenoxy) is 1. The van der Waals surface area contributed by atoms with Gasteiger partial charge in [-0.1, -0.05) is 30.3 Å². The van der Waals surface area contributed by atoms with Crippen molar-refractivity contribution in [3.63, 3.8) is 0 Å². The van der Waals surface area contributed by atoms with Crippen molar-refractivity contribution < 1.29 is 9.13 Å². The molecule has 4 heteroatoms. The van der Waals surface area contributed by atoms with E-state index in [-0.39, 0.29) is 5.56 Å². The molecule has 3 rings (SSSR count). The minimum atomic E-state index is -0.573. The van der Waals surface area contributed by atoms with Crippen LogP contribution in [0.2, 0.25) is 0 Å². The number of hydrogen-bond donors (Lipinski definition) is 0. The zero-order chi connectivity index (χ0) is 16.9. The average molecular weight is 318 g/mol. The first-order valence-electron chi connectivity index (χ1n) is 7.50. The fourth-order valence-electron chi connectivity index (χ4n) is 2.25. The Hall–Kier alpha value is -3.19. The highest BCUT2D eigenvalue weighted by Gasteiger charge is 2.04. The normalized spacial score (nSPS) is 10.2. The summed E-state index contributed by atoms with van der Waals surface area (Å²) in [5.41, 5.74) is 4.05. The fourth-order valence-corrected chi connectivity index (χ4v) is 2.25. The second kappa shape index (κ2) is 6.93. The standard InChI is InChI=1S/C20H15FN2O/c1-14-2-9-20(23-12-14)16-5-3-15(4-6-16)13-24-18-8-7-17(11-22)19(21)10-18/h2-10,12H,13H2,1H3. The maximum absolute atomic E-state index is 13.5. The summed E-state index contributed by atoms with van der Waals surface area (Å²) in [5, 5.41) is 8.72. The van der Waals surface area contributed by atoms with Gasteiger partial charge in [-0.3, -0.25) is 4.98 Å². The van der Waals surface area contributed by atoms with Crippen LogP contribution in [0.5, 0.6) is 5.75 Å². The largest absolute Gasteiger partial charge is 0.489 e. The summed E-state index contributed by atoms with van der Waals surface area (Å²) in [7, 11) is 0. The van der Waals surface area contributed by atoms with Gasteiger partial charge in [0.25, 0.3) is 0 Å². The zero-order valence-electron chi connectivity index (χ0n) is 13.2. The van der Waals surface area contributed by atoms with Crippen LogP contribution in [0.3, 0.4) is 0 Å². The number of nitriles is 1. The first-order chi connectivity index (χ1) is 11.7. The minimum Gasteiger partial charge on any atom is -0.489 e. The molecule has 0 amide bonds. The number of aromatic nitrogens is 1. The van der Waals surface area contributed by atoms with E-state index in [0.29, 0.717) is 12.4 Å². The van der Waals surface area contributed by atoms with Crippen LogP contribution in [-0.2, 0) is 6.61 Å². The van der Waals surface area contributed by atoms with Gasteiger partial charge in [-0.25, -0.2) is 4.39 Å². The van der Waals surface area contributed by atoms with E-state index in [1.54, 1.807) is 12.1 Å². The minimum absolute atomic E-state index is 0.0114. The lowest BCUT2D eigenvalue weighted by molar-refractivity contribution is 0.304. The lowest BCUT2D eigenvalue weighted by Gasteiger charge is -2.08. The van der Waals surface area contributed by atoms with E-state index in [9.17, 15) is 4.39 Å². The highest BCUT2D eigenvalue weighted by atomic mass is 19.1. The molecule has 0 bridgehead atoms. The van der Waals surface area contributed by atoms with Gasteiger partial charge >= 0.3 is 0 Å². The second-order valence-corrected chi connectivity index (χ2v) is 5.46. The van der Waals surface area contributed by atoms with E-state index in [1.165, 1.54) is 12.1 Å². The molecule has 0 N–H and O–H groups in total. The molecular weight excluding hydrogens is 303 g/mol. The zero-order valence-corrected chi connectivity index (χ0v) is 13.2. The van der Waals surface area contributed by atoms with E-state index in [2.05, 4.69) is 4.98 Å². The molecule has 0 saturated heterocycles. The molecule has 118 valence electrons. The average Bonchev–Trinajstić information content (AvgIpc) is 2.61. The van der Waals surface area contributed by atoms with Crippen LogP contribution < -0.4 is 4.74 Å². The molecular formula is C20H15FN2O. The summed E-state index contributed by atoms with van der Waals surface area (Å²) in [6.07, 6.45) is 1.84. The Morgan fingerprint density at radius 3 is 2.50 bits per heavy atom. The maximum atomic E-state index is 13.5. The van der Waals surface area contributed by atoms with Crippen LogP contribution >= 0.6 is 0 Å². The van der Waals surface area contributed by atoms with Crippen molar-refractivity contribution in [3.8, 4) is 23.1 Å². The van der Waals surface area contributed by atoms with Gasteiger partial charge in [0.15, 0.2) is 0 Å². The predicted octanol–water partition coefficient (Wildman–Crippen LogP) is 4.65. The van der Waals surface area contributed by atoms with Gasteiger partial charge in [-0.15, -0.1) is 0 Å². The number of hydrogen-bond acceptors (Lipinski definition) is 3. The summed E-state index contributed by atoms with van der Waals surface area (Å²) in [6.45, 7) is 2.33. The Bertz CT molecular complexity index is 881. The number of halogens is 1. The Balaban J connectivity index is 1.67. The second-order valence-electron chi connectivity index (χ2n) is 5.46. The first-order valence-corrected chi connectivity index (χ1v) is 7.50. The van der Waals surface area contributed by atoms with Crippen LogP contribution in [0.4, 0.5) is 4.39 Å². The molecule has 0 atom stereocenters. The molecule has 0 aliphatic rings. The smallest absolute Gasteiger partial charge is 0.144 e. The van der Waals surface area contributed by atoms with Gasteiger partial charge in [0, 0.05) is 17.8 Å². The van der Waals surface area contributed by atoms with E-state index in [4.69, 9.17) is 10.00 Å². The number of pyridine rings is 1. The third-order valence-electron chi connectivity index (χ3n) is 3.63. The Kier molecular flexibility index (Phi) is 4.53. The van der Waals surface area contributed by atoms with Crippen molar-refractivity contribution >= 4 is 0 Å². The highest BCUT2D eigenvalue weighted by molar-refractivity contribution is 5.59. The molecule has 1 aromatic heterocycles.